The zero-order valence-electron chi connectivity index (χ0n) is 15.4. The normalized spacial score (nSPS) is 20.6. The van der Waals surface area contributed by atoms with Crippen molar-refractivity contribution in [2.24, 2.45) is 0 Å². The lowest BCUT2D eigenvalue weighted by atomic mass is 10.0. The molecule has 1 fully saturated rings. The van der Waals surface area contributed by atoms with Crippen molar-refractivity contribution < 1.29 is 28.2 Å². The Bertz CT molecular complexity index is 945. The first-order valence-electron chi connectivity index (χ1n) is 8.85. The zero-order valence-corrected chi connectivity index (χ0v) is 16.2. The Morgan fingerprint density at radius 2 is 2.00 bits per heavy atom. The molecule has 0 saturated carbocycles. The number of sulfonamides is 1. The lowest BCUT2D eigenvalue weighted by molar-refractivity contribution is -0.143. The van der Waals surface area contributed by atoms with Crippen molar-refractivity contribution >= 4 is 16.0 Å². The van der Waals surface area contributed by atoms with Crippen molar-refractivity contribution in [3.8, 4) is 5.75 Å². The molecule has 2 unspecified atom stereocenters. The highest BCUT2D eigenvalue weighted by atomic mass is 32.2. The number of hydrogen-bond acceptors (Lipinski definition) is 6. The molecule has 2 heterocycles. The molecule has 2 N–H and O–H groups in total. The number of carboxylic acid groups (broad SMARTS) is 1. The predicted molar refractivity (Wildman–Crippen MR) is 100 cm³/mol. The van der Waals surface area contributed by atoms with Gasteiger partial charge in [0.1, 0.15) is 18.4 Å². The van der Waals surface area contributed by atoms with Crippen LogP contribution in [-0.4, -0.2) is 52.6 Å². The second-order valence-corrected chi connectivity index (χ2v) is 8.55. The van der Waals surface area contributed by atoms with Gasteiger partial charge in [0.25, 0.3) is 0 Å². The Morgan fingerprint density at radius 3 is 2.64 bits per heavy atom. The molecule has 28 heavy (non-hydrogen) atoms. The second kappa shape index (κ2) is 8.26. The average Bonchev–Trinajstić information content (AvgIpc) is 2.67. The van der Waals surface area contributed by atoms with Crippen LogP contribution in [0.25, 0.3) is 0 Å². The Kier molecular flexibility index (Phi) is 5.97. The highest BCUT2D eigenvalue weighted by Gasteiger charge is 2.40. The second-order valence-electron chi connectivity index (χ2n) is 6.66. The number of carbonyl (C=O) groups is 1. The number of aliphatic carboxylic acids is 1. The molecule has 0 spiro atoms. The number of aliphatic hydroxyl groups is 1. The van der Waals surface area contributed by atoms with E-state index in [1.165, 1.54) is 24.3 Å². The molecule has 1 saturated heterocycles. The van der Waals surface area contributed by atoms with Crippen LogP contribution >= 0.6 is 0 Å². The topological polar surface area (TPSA) is 117 Å². The lowest BCUT2D eigenvalue weighted by Crippen LogP contribution is -2.51. The van der Waals surface area contributed by atoms with Crippen LogP contribution in [0.4, 0.5) is 0 Å². The molecule has 2 atom stereocenters. The fraction of sp³-hybridized carbons (Fsp3) is 0.368. The number of pyridine rings is 1. The number of benzene rings is 1. The summed E-state index contributed by atoms with van der Waals surface area (Å²) in [7, 11) is -3.99. The Labute approximate surface area is 163 Å². The van der Waals surface area contributed by atoms with Crippen LogP contribution in [0, 0.1) is 6.92 Å². The lowest BCUT2D eigenvalue weighted by Gasteiger charge is -2.34. The number of aromatic nitrogens is 1. The largest absolute Gasteiger partial charge is 0.489 e. The number of carboxylic acids is 1. The van der Waals surface area contributed by atoms with E-state index in [9.17, 15) is 23.4 Å². The van der Waals surface area contributed by atoms with E-state index in [2.05, 4.69) is 4.98 Å². The van der Waals surface area contributed by atoms with Gasteiger partial charge in [-0.1, -0.05) is 6.07 Å². The summed E-state index contributed by atoms with van der Waals surface area (Å²) in [6, 6.07) is 8.29. The van der Waals surface area contributed by atoms with Crippen LogP contribution in [0.15, 0.2) is 47.5 Å². The van der Waals surface area contributed by atoms with Gasteiger partial charge in [0.15, 0.2) is 0 Å². The molecule has 1 aromatic carbocycles. The van der Waals surface area contributed by atoms with E-state index in [0.29, 0.717) is 12.4 Å². The minimum atomic E-state index is -3.99. The molecule has 2 aromatic rings. The number of ether oxygens (including phenoxy) is 1. The highest BCUT2D eigenvalue weighted by molar-refractivity contribution is 7.89. The third-order valence-electron chi connectivity index (χ3n) is 4.75. The maximum atomic E-state index is 12.9. The first-order valence-corrected chi connectivity index (χ1v) is 10.3. The SMILES string of the molecule is Cc1ncccc1COc1ccc(S(=O)(=O)N2CCC(O)CC2C(=O)O)cc1. The van der Waals surface area contributed by atoms with Crippen molar-refractivity contribution in [2.45, 2.75) is 43.4 Å². The predicted octanol–water partition coefficient (Wildman–Crippen LogP) is 1.57. The molecular weight excluding hydrogens is 384 g/mol. The van der Waals surface area contributed by atoms with Gasteiger partial charge in [-0.05, 0) is 43.7 Å². The molecule has 0 amide bonds. The van der Waals surface area contributed by atoms with Gasteiger partial charge in [0.05, 0.1) is 11.0 Å². The van der Waals surface area contributed by atoms with E-state index in [1.54, 1.807) is 6.20 Å². The van der Waals surface area contributed by atoms with Crippen molar-refractivity contribution in [1.82, 2.24) is 9.29 Å². The Hall–Kier alpha value is -2.49. The standard InChI is InChI=1S/C19H22N2O6S/c1-13-14(3-2-9-20-13)12-27-16-4-6-17(7-5-16)28(25,26)21-10-8-15(22)11-18(21)19(23)24/h2-7,9,15,18,22H,8,10-12H2,1H3,(H,23,24). The van der Waals surface area contributed by atoms with Crippen molar-refractivity contribution in [3.05, 3.63) is 53.9 Å². The molecule has 3 rings (SSSR count). The van der Waals surface area contributed by atoms with Gasteiger partial charge >= 0.3 is 5.97 Å². The van der Waals surface area contributed by atoms with E-state index in [1.807, 2.05) is 19.1 Å². The van der Waals surface area contributed by atoms with E-state index in [4.69, 9.17) is 4.74 Å². The van der Waals surface area contributed by atoms with Gasteiger partial charge in [0.2, 0.25) is 10.0 Å². The third-order valence-corrected chi connectivity index (χ3v) is 6.67. The van der Waals surface area contributed by atoms with Crippen LogP contribution in [0.3, 0.4) is 0 Å². The van der Waals surface area contributed by atoms with E-state index in [-0.39, 0.29) is 24.3 Å². The minimum absolute atomic E-state index is 0.0138. The summed E-state index contributed by atoms with van der Waals surface area (Å²) in [5.41, 5.74) is 1.78. The Morgan fingerprint density at radius 1 is 1.29 bits per heavy atom. The van der Waals surface area contributed by atoms with Crippen LogP contribution in [0.2, 0.25) is 0 Å². The van der Waals surface area contributed by atoms with Gasteiger partial charge in [-0.2, -0.15) is 4.31 Å². The van der Waals surface area contributed by atoms with Crippen LogP contribution < -0.4 is 4.74 Å². The van der Waals surface area contributed by atoms with Gasteiger partial charge in [-0.15, -0.1) is 0 Å². The van der Waals surface area contributed by atoms with Gasteiger partial charge in [-0.25, -0.2) is 8.42 Å². The van der Waals surface area contributed by atoms with Crippen molar-refractivity contribution in [2.75, 3.05) is 6.54 Å². The minimum Gasteiger partial charge on any atom is -0.489 e. The Balaban J connectivity index is 1.74. The molecule has 150 valence electrons. The summed E-state index contributed by atoms with van der Waals surface area (Å²) in [5, 5.41) is 19.0. The first-order chi connectivity index (χ1) is 13.3. The molecular formula is C19H22N2O6S. The summed E-state index contributed by atoms with van der Waals surface area (Å²) in [4.78, 5) is 15.6. The zero-order chi connectivity index (χ0) is 20.3. The monoisotopic (exact) mass is 406 g/mol. The molecule has 0 aliphatic carbocycles. The number of aryl methyl sites for hydroxylation is 1. The summed E-state index contributed by atoms with van der Waals surface area (Å²) < 4.78 is 32.4. The number of rotatable bonds is 6. The summed E-state index contributed by atoms with van der Waals surface area (Å²) in [6.07, 6.45) is 0.955. The third kappa shape index (κ3) is 4.32. The van der Waals surface area contributed by atoms with Crippen molar-refractivity contribution in [3.63, 3.8) is 0 Å². The maximum absolute atomic E-state index is 12.9. The van der Waals surface area contributed by atoms with E-state index < -0.39 is 28.1 Å². The van der Waals surface area contributed by atoms with Gasteiger partial charge in [0, 0.05) is 30.4 Å². The maximum Gasteiger partial charge on any atom is 0.322 e. The quantitative estimate of drug-likeness (QED) is 0.748. The van der Waals surface area contributed by atoms with Crippen LogP contribution in [-0.2, 0) is 21.4 Å². The van der Waals surface area contributed by atoms with Gasteiger partial charge in [-0.3, -0.25) is 9.78 Å². The summed E-state index contributed by atoms with van der Waals surface area (Å²) >= 11 is 0. The summed E-state index contributed by atoms with van der Waals surface area (Å²) in [5.74, 6) is -0.778. The first kappa shape index (κ1) is 20.2. The molecule has 0 radical (unpaired) electrons. The smallest absolute Gasteiger partial charge is 0.322 e. The number of aliphatic hydroxyl groups excluding tert-OH is 1. The van der Waals surface area contributed by atoms with E-state index >= 15 is 0 Å². The fourth-order valence-corrected chi connectivity index (χ4v) is 4.72. The summed E-state index contributed by atoms with van der Waals surface area (Å²) in [6.45, 7) is 2.14. The van der Waals surface area contributed by atoms with Crippen LogP contribution in [0.5, 0.6) is 5.75 Å². The number of hydrogen-bond donors (Lipinski definition) is 2. The number of nitrogens with zero attached hydrogens (tertiary/aromatic N) is 2. The average molecular weight is 406 g/mol. The molecule has 8 nitrogen and oxygen atoms in total. The van der Waals surface area contributed by atoms with Crippen LogP contribution in [0.1, 0.15) is 24.1 Å². The number of piperidine rings is 1. The van der Waals surface area contributed by atoms with E-state index in [0.717, 1.165) is 15.6 Å². The molecule has 0 bridgehead atoms. The molecule has 1 aliphatic heterocycles. The fourth-order valence-electron chi connectivity index (χ4n) is 3.11. The molecule has 1 aliphatic rings. The highest BCUT2D eigenvalue weighted by Crippen LogP contribution is 2.27. The van der Waals surface area contributed by atoms with Crippen molar-refractivity contribution in [1.29, 1.82) is 0 Å². The van der Waals surface area contributed by atoms with Gasteiger partial charge < -0.3 is 14.9 Å². The molecule has 1 aromatic heterocycles. The molecule has 9 heteroatoms.